The highest BCUT2D eigenvalue weighted by molar-refractivity contribution is 6.02. The van der Waals surface area contributed by atoms with Gasteiger partial charge in [0.1, 0.15) is 5.84 Å². The van der Waals surface area contributed by atoms with Gasteiger partial charge >= 0.3 is 6.03 Å². The molecule has 0 atom stereocenters. The second-order valence-electron chi connectivity index (χ2n) is 9.21. The van der Waals surface area contributed by atoms with Gasteiger partial charge in [-0.15, -0.1) is 0 Å². The van der Waals surface area contributed by atoms with Crippen molar-refractivity contribution in [3.05, 3.63) is 53.6 Å². The fourth-order valence-corrected chi connectivity index (χ4v) is 3.63. The van der Waals surface area contributed by atoms with Crippen molar-refractivity contribution in [1.29, 1.82) is 0 Å². The van der Waals surface area contributed by atoms with Crippen LogP contribution in [-0.2, 0) is 6.42 Å². The first-order chi connectivity index (χ1) is 15.7. The molecule has 33 heavy (non-hydrogen) atoms. The van der Waals surface area contributed by atoms with E-state index in [-0.39, 0.29) is 6.03 Å². The van der Waals surface area contributed by atoms with Gasteiger partial charge in [0.2, 0.25) is 0 Å². The number of carbonyl (C=O) groups excluding carboxylic acids is 1. The SMILES string of the molecule is Cc1ccc(NC(=O)Nc2cc(CC/C(=N/N)NN)ccc2N(CC(C)C)CC(C)C)cc1. The molecule has 8 nitrogen and oxygen atoms in total. The molecule has 0 aliphatic heterocycles. The average molecular weight is 454 g/mol. The molecule has 0 bridgehead atoms. The molecular formula is C25H39N7O. The van der Waals surface area contributed by atoms with Gasteiger partial charge in [0.15, 0.2) is 0 Å². The van der Waals surface area contributed by atoms with E-state index in [4.69, 9.17) is 11.7 Å². The van der Waals surface area contributed by atoms with Gasteiger partial charge in [-0.05, 0) is 55.0 Å². The molecule has 0 fully saturated rings. The maximum absolute atomic E-state index is 12.9. The van der Waals surface area contributed by atoms with Crippen LogP contribution in [-0.4, -0.2) is 25.0 Å². The predicted molar refractivity (Wildman–Crippen MR) is 139 cm³/mol. The first-order valence-corrected chi connectivity index (χ1v) is 11.5. The van der Waals surface area contributed by atoms with Gasteiger partial charge in [-0.3, -0.25) is 0 Å². The Kier molecular flexibility index (Phi) is 10.00. The molecule has 0 aromatic heterocycles. The molecule has 180 valence electrons. The Bertz CT molecular complexity index is 913. The lowest BCUT2D eigenvalue weighted by molar-refractivity contribution is 0.262. The Morgan fingerprint density at radius 3 is 2.18 bits per heavy atom. The number of hydrazone groups is 1. The summed E-state index contributed by atoms with van der Waals surface area (Å²) in [6.07, 6.45) is 1.26. The van der Waals surface area contributed by atoms with E-state index in [1.54, 1.807) is 0 Å². The summed E-state index contributed by atoms with van der Waals surface area (Å²) in [6.45, 7) is 12.6. The van der Waals surface area contributed by atoms with E-state index in [1.807, 2.05) is 37.3 Å². The van der Waals surface area contributed by atoms with E-state index >= 15 is 0 Å². The number of aryl methyl sites for hydroxylation is 2. The van der Waals surface area contributed by atoms with Gasteiger partial charge in [-0.1, -0.05) is 51.5 Å². The first-order valence-electron chi connectivity index (χ1n) is 11.5. The minimum absolute atomic E-state index is 0.279. The summed E-state index contributed by atoms with van der Waals surface area (Å²) in [4.78, 5) is 15.2. The van der Waals surface area contributed by atoms with Crippen LogP contribution in [0, 0.1) is 18.8 Å². The number of carbonyl (C=O) groups is 1. The maximum Gasteiger partial charge on any atom is 0.323 e. The Hall–Kier alpha value is -3.26. The molecule has 0 aliphatic carbocycles. The lowest BCUT2D eigenvalue weighted by Crippen LogP contribution is -2.33. The fourth-order valence-electron chi connectivity index (χ4n) is 3.63. The third-order valence-corrected chi connectivity index (χ3v) is 5.10. The maximum atomic E-state index is 12.9. The van der Waals surface area contributed by atoms with Crippen molar-refractivity contribution in [2.45, 2.75) is 47.5 Å². The number of hydrazine groups is 1. The highest BCUT2D eigenvalue weighted by Crippen LogP contribution is 2.30. The van der Waals surface area contributed by atoms with Crippen LogP contribution in [0.3, 0.4) is 0 Å². The van der Waals surface area contributed by atoms with Crippen LogP contribution in [0.4, 0.5) is 21.9 Å². The summed E-state index contributed by atoms with van der Waals surface area (Å²) >= 11 is 0. The van der Waals surface area contributed by atoms with Crippen LogP contribution in [0.5, 0.6) is 0 Å². The van der Waals surface area contributed by atoms with Gasteiger partial charge in [0.05, 0.1) is 11.4 Å². The van der Waals surface area contributed by atoms with E-state index in [9.17, 15) is 4.79 Å². The van der Waals surface area contributed by atoms with Crippen molar-refractivity contribution in [2.75, 3.05) is 28.6 Å². The summed E-state index contributed by atoms with van der Waals surface area (Å²) in [5.74, 6) is 12.3. The summed E-state index contributed by atoms with van der Waals surface area (Å²) in [6, 6.07) is 13.6. The number of nitrogens with zero attached hydrogens (tertiary/aromatic N) is 2. The van der Waals surface area contributed by atoms with Crippen LogP contribution < -0.4 is 32.6 Å². The van der Waals surface area contributed by atoms with Gasteiger partial charge in [-0.25, -0.2) is 10.6 Å². The van der Waals surface area contributed by atoms with Crippen molar-refractivity contribution in [3.8, 4) is 0 Å². The molecule has 0 heterocycles. The fraction of sp³-hybridized carbons (Fsp3) is 0.440. The topological polar surface area (TPSA) is 121 Å². The van der Waals surface area contributed by atoms with Crippen molar-refractivity contribution < 1.29 is 4.79 Å². The van der Waals surface area contributed by atoms with E-state index in [0.29, 0.717) is 30.5 Å². The smallest absolute Gasteiger partial charge is 0.323 e. The van der Waals surface area contributed by atoms with Crippen molar-refractivity contribution in [3.63, 3.8) is 0 Å². The molecule has 2 amide bonds. The summed E-state index contributed by atoms with van der Waals surface area (Å²) in [5.41, 5.74) is 7.22. The molecule has 0 spiro atoms. The number of hydrogen-bond acceptors (Lipinski definition) is 5. The normalized spacial score (nSPS) is 11.6. The van der Waals surface area contributed by atoms with Crippen molar-refractivity contribution >= 4 is 28.9 Å². The third kappa shape index (κ3) is 8.65. The van der Waals surface area contributed by atoms with Crippen LogP contribution in [0.2, 0.25) is 0 Å². The number of rotatable bonds is 10. The zero-order chi connectivity index (χ0) is 24.4. The number of benzene rings is 2. The number of nitrogens with two attached hydrogens (primary N) is 2. The summed E-state index contributed by atoms with van der Waals surface area (Å²) in [7, 11) is 0. The minimum Gasteiger partial charge on any atom is -0.369 e. The summed E-state index contributed by atoms with van der Waals surface area (Å²) in [5, 5.41) is 9.64. The van der Waals surface area contributed by atoms with Gasteiger partial charge in [0, 0.05) is 25.2 Å². The van der Waals surface area contributed by atoms with E-state index in [0.717, 1.165) is 41.3 Å². The molecule has 0 unspecified atom stereocenters. The molecule has 0 aliphatic rings. The van der Waals surface area contributed by atoms with Crippen LogP contribution >= 0.6 is 0 Å². The molecule has 0 saturated carbocycles. The average Bonchev–Trinajstić information content (AvgIpc) is 2.75. The molecule has 8 heteroatoms. The Balaban J connectivity index is 2.32. The minimum atomic E-state index is -0.279. The van der Waals surface area contributed by atoms with Gasteiger partial charge < -0.3 is 26.8 Å². The molecular weight excluding hydrogens is 414 g/mol. The second-order valence-corrected chi connectivity index (χ2v) is 9.21. The van der Waals surface area contributed by atoms with E-state index in [1.165, 1.54) is 0 Å². The predicted octanol–water partition coefficient (Wildman–Crippen LogP) is 4.43. The monoisotopic (exact) mass is 453 g/mol. The number of amides is 2. The molecule has 2 rings (SSSR count). The third-order valence-electron chi connectivity index (χ3n) is 5.10. The van der Waals surface area contributed by atoms with E-state index in [2.05, 4.69) is 65.9 Å². The molecule has 7 N–H and O–H groups in total. The van der Waals surface area contributed by atoms with Crippen LogP contribution in [0.25, 0.3) is 0 Å². The second kappa shape index (κ2) is 12.7. The van der Waals surface area contributed by atoms with E-state index < -0.39 is 0 Å². The molecule has 0 radical (unpaired) electrons. The number of amidine groups is 1. The Morgan fingerprint density at radius 2 is 1.64 bits per heavy atom. The van der Waals surface area contributed by atoms with Crippen molar-refractivity contribution in [1.82, 2.24) is 5.43 Å². The standard InChI is InChI=1S/C25H39N7O/c1-17(2)15-32(16-18(3)4)23-12-8-20(9-13-24(30-26)31-27)14-22(23)29-25(33)28-21-10-6-19(5)7-11-21/h6-8,10-12,14,17-18H,9,13,15-16,26-27H2,1-5H3,(H,30,31)(H2,28,29,33). The highest BCUT2D eigenvalue weighted by Gasteiger charge is 2.17. The molecule has 2 aromatic carbocycles. The Labute approximate surface area is 197 Å². The number of hydrogen-bond donors (Lipinski definition) is 5. The van der Waals surface area contributed by atoms with Crippen molar-refractivity contribution in [2.24, 2.45) is 28.6 Å². The summed E-state index contributed by atoms with van der Waals surface area (Å²) < 4.78 is 0. The highest BCUT2D eigenvalue weighted by atomic mass is 16.2. The molecule has 2 aromatic rings. The van der Waals surface area contributed by atoms with Gasteiger partial charge in [0.25, 0.3) is 0 Å². The lowest BCUT2D eigenvalue weighted by Gasteiger charge is -2.30. The Morgan fingerprint density at radius 1 is 1.00 bits per heavy atom. The van der Waals surface area contributed by atoms with Crippen LogP contribution in [0.1, 0.15) is 45.2 Å². The van der Waals surface area contributed by atoms with Gasteiger partial charge in [-0.2, -0.15) is 5.10 Å². The zero-order valence-electron chi connectivity index (χ0n) is 20.5. The number of anilines is 3. The van der Waals surface area contributed by atoms with Crippen LogP contribution in [0.15, 0.2) is 47.6 Å². The quantitative estimate of drug-likeness (QED) is 0.158. The number of nitrogens with one attached hydrogen (secondary N) is 3. The number of urea groups is 1. The zero-order valence-corrected chi connectivity index (χ0v) is 20.5. The molecule has 0 saturated heterocycles. The first kappa shape index (κ1) is 26.0. The largest absolute Gasteiger partial charge is 0.369 e. The lowest BCUT2D eigenvalue weighted by atomic mass is 10.0.